The van der Waals surface area contributed by atoms with E-state index in [0.29, 0.717) is 12.6 Å². The number of anilines is 1. The Hall–Kier alpha value is -1.28. The predicted molar refractivity (Wildman–Crippen MR) is 58.3 cm³/mol. The van der Waals surface area contributed by atoms with Crippen LogP contribution in [0.2, 0.25) is 0 Å². The van der Waals surface area contributed by atoms with Crippen molar-refractivity contribution >= 4 is 16.0 Å². The van der Waals surface area contributed by atoms with Gasteiger partial charge in [-0.3, -0.25) is 0 Å². The first-order valence-electron chi connectivity index (χ1n) is 5.03. The van der Waals surface area contributed by atoms with Gasteiger partial charge in [-0.15, -0.1) is 5.10 Å². The molecule has 0 atom stereocenters. The summed E-state index contributed by atoms with van der Waals surface area (Å²) in [5, 5.41) is 10.2. The minimum Gasteiger partial charge on any atom is -0.313 e. The average molecular weight is 243 g/mol. The lowest BCUT2D eigenvalue weighted by atomic mass is 10.6. The number of nitrogens with one attached hydrogen (secondary N) is 2. The van der Waals surface area contributed by atoms with Crippen LogP contribution in [0, 0.1) is 0 Å². The number of hydrogen-bond acceptors (Lipinski definition) is 6. The second kappa shape index (κ2) is 4.71. The quantitative estimate of drug-likeness (QED) is 0.690. The van der Waals surface area contributed by atoms with Gasteiger partial charge in [-0.25, -0.2) is 18.1 Å². The van der Waals surface area contributed by atoms with Crippen LogP contribution in [-0.4, -0.2) is 41.9 Å². The molecule has 2 N–H and O–H groups in total. The molecule has 1 aromatic heterocycles. The van der Waals surface area contributed by atoms with Crippen molar-refractivity contribution in [2.75, 3.05) is 17.0 Å². The van der Waals surface area contributed by atoms with Crippen LogP contribution in [0.1, 0.15) is 12.8 Å². The van der Waals surface area contributed by atoms with Gasteiger partial charge in [0, 0.05) is 12.6 Å². The van der Waals surface area contributed by atoms with Gasteiger partial charge in [0.15, 0.2) is 0 Å². The van der Waals surface area contributed by atoms with E-state index in [1.807, 2.05) is 0 Å². The summed E-state index contributed by atoms with van der Waals surface area (Å²) in [6.45, 7) is 0.445. The molecule has 0 unspecified atom stereocenters. The van der Waals surface area contributed by atoms with Crippen LogP contribution in [0.4, 0.5) is 5.95 Å². The summed E-state index contributed by atoms with van der Waals surface area (Å²) in [6, 6.07) is 0.504. The van der Waals surface area contributed by atoms with Crippen LogP contribution in [0.5, 0.6) is 0 Å². The van der Waals surface area contributed by atoms with Crippen molar-refractivity contribution in [3.05, 3.63) is 12.4 Å². The Morgan fingerprint density at radius 2 is 2.19 bits per heavy atom. The van der Waals surface area contributed by atoms with Gasteiger partial charge < -0.3 is 5.32 Å². The van der Waals surface area contributed by atoms with E-state index in [1.54, 1.807) is 0 Å². The van der Waals surface area contributed by atoms with Crippen molar-refractivity contribution < 1.29 is 8.42 Å². The number of nitrogens with zero attached hydrogens (tertiary/aromatic N) is 3. The largest absolute Gasteiger partial charge is 0.313 e. The van der Waals surface area contributed by atoms with E-state index in [4.69, 9.17) is 0 Å². The number of sulfonamides is 1. The molecule has 0 amide bonds. The van der Waals surface area contributed by atoms with Gasteiger partial charge >= 0.3 is 0 Å². The Balaban J connectivity index is 1.82. The molecule has 0 bridgehead atoms. The van der Waals surface area contributed by atoms with Crippen molar-refractivity contribution in [3.8, 4) is 0 Å². The highest BCUT2D eigenvalue weighted by molar-refractivity contribution is 7.92. The van der Waals surface area contributed by atoms with Crippen LogP contribution >= 0.6 is 0 Å². The molecule has 16 heavy (non-hydrogen) atoms. The Kier molecular flexibility index (Phi) is 3.30. The Morgan fingerprint density at radius 3 is 2.81 bits per heavy atom. The second-order valence-corrected chi connectivity index (χ2v) is 5.46. The molecule has 0 saturated heterocycles. The minimum atomic E-state index is -3.38. The van der Waals surface area contributed by atoms with Crippen LogP contribution in [0.15, 0.2) is 12.4 Å². The standard InChI is InChI=1S/C8H13N5O2S/c14-16(15,6-5-9-7-1-2-7)13-8-10-3-4-11-12-8/h3-4,7,9H,1-2,5-6H2,(H,10,12,13). The number of aromatic nitrogens is 3. The molecule has 2 rings (SSSR count). The van der Waals surface area contributed by atoms with Crippen LogP contribution in [-0.2, 0) is 10.0 Å². The third-order valence-corrected chi connectivity index (χ3v) is 3.35. The smallest absolute Gasteiger partial charge is 0.256 e. The van der Waals surface area contributed by atoms with Crippen molar-refractivity contribution in [2.24, 2.45) is 0 Å². The van der Waals surface area contributed by atoms with E-state index in [0.717, 1.165) is 12.8 Å². The van der Waals surface area contributed by atoms with E-state index in [-0.39, 0.29) is 11.7 Å². The Bertz CT molecular complexity index is 431. The highest BCUT2D eigenvalue weighted by atomic mass is 32.2. The lowest BCUT2D eigenvalue weighted by Crippen LogP contribution is -2.28. The van der Waals surface area contributed by atoms with Crippen LogP contribution in [0.25, 0.3) is 0 Å². The van der Waals surface area contributed by atoms with Crippen LogP contribution in [0.3, 0.4) is 0 Å². The van der Waals surface area contributed by atoms with E-state index in [9.17, 15) is 8.42 Å². The molecule has 1 saturated carbocycles. The van der Waals surface area contributed by atoms with Gasteiger partial charge in [0.1, 0.15) is 0 Å². The second-order valence-electron chi connectivity index (χ2n) is 3.62. The summed E-state index contributed by atoms with van der Waals surface area (Å²) in [4.78, 5) is 3.74. The molecule has 1 aliphatic rings. The molecule has 1 aliphatic carbocycles. The summed E-state index contributed by atoms with van der Waals surface area (Å²) in [5.74, 6) is 0.0239. The van der Waals surface area contributed by atoms with Crippen molar-refractivity contribution in [3.63, 3.8) is 0 Å². The molecular formula is C8H13N5O2S. The fraction of sp³-hybridized carbons (Fsp3) is 0.625. The van der Waals surface area contributed by atoms with Gasteiger partial charge in [-0.05, 0) is 12.8 Å². The maximum absolute atomic E-state index is 11.5. The zero-order valence-electron chi connectivity index (χ0n) is 8.63. The van der Waals surface area contributed by atoms with Gasteiger partial charge in [0.25, 0.3) is 5.95 Å². The van der Waals surface area contributed by atoms with E-state index in [1.165, 1.54) is 12.4 Å². The van der Waals surface area contributed by atoms with E-state index < -0.39 is 10.0 Å². The molecular weight excluding hydrogens is 230 g/mol. The first-order chi connectivity index (χ1) is 7.66. The molecule has 0 aliphatic heterocycles. The summed E-state index contributed by atoms with van der Waals surface area (Å²) in [6.07, 6.45) is 5.04. The number of hydrogen-bond donors (Lipinski definition) is 2. The van der Waals surface area contributed by atoms with Crippen LogP contribution < -0.4 is 10.0 Å². The normalized spacial score (nSPS) is 16.0. The fourth-order valence-corrected chi connectivity index (χ4v) is 2.03. The molecule has 0 radical (unpaired) electrons. The third kappa shape index (κ3) is 3.70. The molecule has 1 heterocycles. The third-order valence-electron chi connectivity index (χ3n) is 2.11. The Labute approximate surface area is 93.7 Å². The van der Waals surface area contributed by atoms with E-state index >= 15 is 0 Å². The van der Waals surface area contributed by atoms with E-state index in [2.05, 4.69) is 25.2 Å². The first kappa shape index (κ1) is 11.2. The van der Waals surface area contributed by atoms with Gasteiger partial charge in [-0.2, -0.15) is 5.10 Å². The summed E-state index contributed by atoms with van der Waals surface area (Å²) < 4.78 is 25.3. The molecule has 88 valence electrons. The Morgan fingerprint density at radius 1 is 1.38 bits per heavy atom. The maximum atomic E-state index is 11.5. The first-order valence-corrected chi connectivity index (χ1v) is 6.68. The fourth-order valence-electron chi connectivity index (χ4n) is 1.17. The summed E-state index contributed by atoms with van der Waals surface area (Å²) in [5.41, 5.74) is 0. The molecule has 1 fully saturated rings. The SMILES string of the molecule is O=S(=O)(CCNC1CC1)Nc1nccnn1. The lowest BCUT2D eigenvalue weighted by molar-refractivity contribution is 0.595. The molecule has 0 spiro atoms. The van der Waals surface area contributed by atoms with Crippen molar-refractivity contribution in [1.82, 2.24) is 20.5 Å². The molecule has 7 nitrogen and oxygen atoms in total. The van der Waals surface area contributed by atoms with Gasteiger partial charge in [-0.1, -0.05) is 0 Å². The topological polar surface area (TPSA) is 96.9 Å². The summed E-state index contributed by atoms with van der Waals surface area (Å²) in [7, 11) is -3.38. The van der Waals surface area contributed by atoms with Crippen molar-refractivity contribution in [2.45, 2.75) is 18.9 Å². The molecule has 0 aromatic carbocycles. The lowest BCUT2D eigenvalue weighted by Gasteiger charge is -2.05. The highest BCUT2D eigenvalue weighted by Crippen LogP contribution is 2.18. The van der Waals surface area contributed by atoms with Gasteiger partial charge in [0.2, 0.25) is 10.0 Å². The predicted octanol–water partition coefficient (Wildman–Crippen LogP) is -0.635. The van der Waals surface area contributed by atoms with Crippen molar-refractivity contribution in [1.29, 1.82) is 0 Å². The zero-order chi connectivity index (χ0) is 11.4. The minimum absolute atomic E-state index is 0.00826. The monoisotopic (exact) mass is 243 g/mol. The molecule has 8 heteroatoms. The average Bonchev–Trinajstić information content (AvgIpc) is 3.02. The maximum Gasteiger partial charge on any atom is 0.256 e. The molecule has 1 aromatic rings. The highest BCUT2D eigenvalue weighted by Gasteiger charge is 2.21. The summed E-state index contributed by atoms with van der Waals surface area (Å²) >= 11 is 0. The zero-order valence-corrected chi connectivity index (χ0v) is 9.44. The van der Waals surface area contributed by atoms with Gasteiger partial charge in [0.05, 0.1) is 18.1 Å². The number of rotatable bonds is 6.